The molecule has 13 nitrogen and oxygen atoms in total. The fourth-order valence-electron chi connectivity index (χ4n) is 7.96. The summed E-state index contributed by atoms with van der Waals surface area (Å²) in [5.74, 6) is -0.214. The molecular formula is C47H64F3N6O7P. The van der Waals surface area contributed by atoms with E-state index < -0.39 is 62.0 Å². The van der Waals surface area contributed by atoms with Crippen molar-refractivity contribution in [1.29, 1.82) is 0 Å². The van der Waals surface area contributed by atoms with Gasteiger partial charge in [-0.05, 0) is 55.0 Å². The van der Waals surface area contributed by atoms with Crippen molar-refractivity contribution in [3.05, 3.63) is 78.1 Å². The second kappa shape index (κ2) is 25.2. The first-order valence-corrected chi connectivity index (χ1v) is 24.3. The van der Waals surface area contributed by atoms with E-state index in [1.807, 2.05) is 0 Å². The number of carbonyl (C=O) groups is 1. The molecule has 4 aromatic rings. The van der Waals surface area contributed by atoms with Gasteiger partial charge in [-0.15, -0.1) is 6.42 Å². The number of ether oxygens (including phenoxy) is 2. The van der Waals surface area contributed by atoms with Gasteiger partial charge in [0.05, 0.1) is 12.9 Å². The van der Waals surface area contributed by atoms with Gasteiger partial charge in [0.15, 0.2) is 22.6 Å². The van der Waals surface area contributed by atoms with Gasteiger partial charge >= 0.3 is 19.8 Å². The number of nitrogen functional groups attached to an aromatic ring is 1. The fourth-order valence-corrected chi connectivity index (χ4v) is 9.48. The molecule has 1 fully saturated rings. The van der Waals surface area contributed by atoms with Crippen LogP contribution in [0.15, 0.2) is 54.9 Å². The lowest BCUT2D eigenvalue weighted by Crippen LogP contribution is -2.44. The lowest BCUT2D eigenvalue weighted by molar-refractivity contribution is -0.147. The van der Waals surface area contributed by atoms with E-state index in [0.717, 1.165) is 63.5 Å². The van der Waals surface area contributed by atoms with Gasteiger partial charge in [0.1, 0.15) is 42.4 Å². The van der Waals surface area contributed by atoms with Crippen LogP contribution in [0.3, 0.4) is 0 Å². The van der Waals surface area contributed by atoms with Gasteiger partial charge in [0, 0.05) is 12.5 Å². The third-order valence-electron chi connectivity index (χ3n) is 11.6. The van der Waals surface area contributed by atoms with Crippen molar-refractivity contribution in [3.8, 4) is 18.1 Å². The number of anilines is 1. The SMILES string of the molecule is C#C[C@]1(CO[P@@](=O)(N[C@@H](Cc2cc(F)cc(F)c2)C(=O)OCC(CCCCCCCCC)CCCCCCCCC)Oc2ccccc2)O[C@@H](n2cnc3c(N)nc(F)nc32)C[C@@H]1O. The van der Waals surface area contributed by atoms with Crippen LogP contribution in [0.1, 0.15) is 135 Å². The molecule has 64 heavy (non-hydrogen) atoms. The Balaban J connectivity index is 1.36. The number of nitrogens with two attached hydrogens (primary N) is 1. The molecule has 0 amide bonds. The number of rotatable bonds is 29. The van der Waals surface area contributed by atoms with Crippen LogP contribution in [-0.4, -0.2) is 61.6 Å². The minimum Gasteiger partial charge on any atom is -0.464 e. The number of halogens is 3. The quantitative estimate of drug-likeness (QED) is 0.0155. The van der Waals surface area contributed by atoms with Crippen molar-refractivity contribution in [2.75, 3.05) is 18.9 Å². The average Bonchev–Trinajstić information content (AvgIpc) is 3.84. The summed E-state index contributed by atoms with van der Waals surface area (Å²) in [6.45, 7) is 3.74. The summed E-state index contributed by atoms with van der Waals surface area (Å²) >= 11 is 0. The number of aliphatic hydroxyl groups is 1. The maximum atomic E-state index is 15.0. The van der Waals surface area contributed by atoms with E-state index in [1.165, 1.54) is 74.4 Å². The maximum Gasteiger partial charge on any atom is 0.459 e. The summed E-state index contributed by atoms with van der Waals surface area (Å²) in [4.78, 5) is 25.6. The Morgan fingerprint density at radius 1 is 0.969 bits per heavy atom. The second-order valence-electron chi connectivity index (χ2n) is 16.7. The molecule has 1 saturated heterocycles. The molecule has 0 saturated carbocycles. The minimum atomic E-state index is -4.72. The van der Waals surface area contributed by atoms with Gasteiger partial charge in [-0.1, -0.05) is 128 Å². The molecule has 2 aromatic heterocycles. The molecule has 350 valence electrons. The lowest BCUT2D eigenvalue weighted by Gasteiger charge is -2.30. The van der Waals surface area contributed by atoms with E-state index in [1.54, 1.807) is 18.2 Å². The molecule has 0 bridgehead atoms. The molecule has 2 aromatic carbocycles. The number of nitrogens with one attached hydrogen (secondary N) is 1. The number of benzene rings is 2. The zero-order valence-electron chi connectivity index (χ0n) is 37.1. The predicted octanol–water partition coefficient (Wildman–Crippen LogP) is 10.3. The Hall–Kier alpha value is -4.52. The Morgan fingerprint density at radius 3 is 2.19 bits per heavy atom. The van der Waals surface area contributed by atoms with Crippen LogP contribution >= 0.6 is 7.75 Å². The van der Waals surface area contributed by atoms with Crippen LogP contribution in [0.4, 0.5) is 19.0 Å². The highest BCUT2D eigenvalue weighted by Crippen LogP contribution is 2.48. The first-order valence-electron chi connectivity index (χ1n) is 22.7. The molecule has 5 atom stereocenters. The molecule has 1 aliphatic heterocycles. The van der Waals surface area contributed by atoms with Gasteiger partial charge in [-0.25, -0.2) is 18.3 Å². The number of hydrogen-bond acceptors (Lipinski definition) is 11. The highest BCUT2D eigenvalue weighted by atomic mass is 31.2. The molecule has 0 spiro atoms. The van der Waals surface area contributed by atoms with E-state index in [4.69, 9.17) is 30.7 Å². The molecule has 17 heteroatoms. The number of carbonyl (C=O) groups excluding carboxylic acids is 1. The Bertz CT molecular complexity index is 2120. The predicted molar refractivity (Wildman–Crippen MR) is 239 cm³/mol. The van der Waals surface area contributed by atoms with Crippen LogP contribution in [0, 0.1) is 36.0 Å². The summed E-state index contributed by atoms with van der Waals surface area (Å²) in [6.07, 6.45) is 20.9. The van der Waals surface area contributed by atoms with E-state index in [0.29, 0.717) is 6.07 Å². The van der Waals surface area contributed by atoms with E-state index >= 15 is 0 Å². The zero-order valence-corrected chi connectivity index (χ0v) is 38.0. The summed E-state index contributed by atoms with van der Waals surface area (Å²) in [5, 5.41) is 14.1. The van der Waals surface area contributed by atoms with Gasteiger partial charge < -0.3 is 24.8 Å². The molecule has 1 aliphatic rings. The largest absolute Gasteiger partial charge is 0.464 e. The molecule has 5 rings (SSSR count). The van der Waals surface area contributed by atoms with Crippen LogP contribution < -0.4 is 15.3 Å². The number of nitrogens with zero attached hydrogens (tertiary/aromatic N) is 4. The number of terminal acetylenes is 1. The number of hydrogen-bond donors (Lipinski definition) is 3. The Labute approximate surface area is 375 Å². The monoisotopic (exact) mass is 912 g/mol. The minimum absolute atomic E-state index is 0.0158. The number of para-hydroxylation sites is 1. The van der Waals surface area contributed by atoms with E-state index in [-0.39, 0.29) is 53.7 Å². The summed E-state index contributed by atoms with van der Waals surface area (Å²) in [5.41, 5.74) is 4.04. The first-order chi connectivity index (χ1) is 30.9. The molecule has 4 N–H and O–H groups in total. The molecule has 3 heterocycles. The lowest BCUT2D eigenvalue weighted by atomic mass is 9.94. The van der Waals surface area contributed by atoms with Crippen molar-refractivity contribution < 1.29 is 46.2 Å². The molecule has 0 unspecified atom stereocenters. The summed E-state index contributed by atoms with van der Waals surface area (Å²) < 4.78 is 83.6. The van der Waals surface area contributed by atoms with Crippen molar-refractivity contribution in [2.45, 2.75) is 153 Å². The number of esters is 1. The third-order valence-corrected chi connectivity index (χ3v) is 13.1. The van der Waals surface area contributed by atoms with Crippen molar-refractivity contribution in [3.63, 3.8) is 0 Å². The van der Waals surface area contributed by atoms with Gasteiger partial charge in [0.2, 0.25) is 0 Å². The standard InChI is InChI=1S/C47H64F3N6O7P/c1-4-7-9-11-13-15-18-22-34(23-19-16-14-12-10-8-5-2)31-60-45(58)39(28-35-26-36(48)29-37(49)27-35)55-64(59,63-38-24-20-17-21-25-38)61-32-47(6-3)40(57)30-41(62-47)56-33-52-42-43(51)53-46(50)54-44(42)56/h3,17,20-21,24-27,29,33-34,39-41,57H,4-5,7-16,18-19,22-23,28,30-32H2,1-2H3,(H,55,59)(H2,51,53,54)/t39-,40-,41+,47+,64-/m0/s1. The average molecular weight is 913 g/mol. The molecule has 0 aliphatic carbocycles. The van der Waals surface area contributed by atoms with Crippen LogP contribution in [0.5, 0.6) is 5.75 Å². The normalized spacial score (nSPS) is 18.8. The van der Waals surface area contributed by atoms with Crippen molar-refractivity contribution in [2.24, 2.45) is 5.92 Å². The molecule has 0 radical (unpaired) electrons. The number of aliphatic hydroxyl groups excluding tert-OH is 1. The Morgan fingerprint density at radius 2 is 1.58 bits per heavy atom. The maximum absolute atomic E-state index is 15.0. The second-order valence-corrected chi connectivity index (χ2v) is 18.4. The number of fused-ring (bicyclic) bond motifs is 1. The highest BCUT2D eigenvalue weighted by molar-refractivity contribution is 7.52. The van der Waals surface area contributed by atoms with Gasteiger partial charge in [-0.3, -0.25) is 13.9 Å². The summed E-state index contributed by atoms with van der Waals surface area (Å²) in [7, 11) is -4.72. The van der Waals surface area contributed by atoms with Crippen LogP contribution in [-0.2, 0) is 29.8 Å². The third kappa shape index (κ3) is 15.0. The van der Waals surface area contributed by atoms with E-state index in [9.17, 15) is 27.6 Å². The van der Waals surface area contributed by atoms with Crippen molar-refractivity contribution >= 4 is 30.7 Å². The smallest absolute Gasteiger partial charge is 0.459 e. The van der Waals surface area contributed by atoms with Crippen molar-refractivity contribution in [1.82, 2.24) is 24.6 Å². The first kappa shape index (κ1) is 50.5. The van der Waals surface area contributed by atoms with Gasteiger partial charge in [-0.2, -0.15) is 19.4 Å². The number of imidazole rings is 1. The number of unbranched alkanes of at least 4 members (excludes halogenated alkanes) is 12. The van der Waals surface area contributed by atoms with Crippen LogP contribution in [0.2, 0.25) is 0 Å². The summed E-state index contributed by atoms with van der Waals surface area (Å²) in [6, 6.07) is 9.33. The number of aromatic nitrogens is 4. The Kier molecular flexibility index (Phi) is 19.9. The molecular weight excluding hydrogens is 849 g/mol. The highest BCUT2D eigenvalue weighted by Gasteiger charge is 2.50. The van der Waals surface area contributed by atoms with Crippen LogP contribution in [0.25, 0.3) is 11.2 Å². The topological polar surface area (TPSA) is 173 Å². The fraction of sp³-hybridized carbons (Fsp3) is 0.574. The zero-order chi connectivity index (χ0) is 46.0. The van der Waals surface area contributed by atoms with Gasteiger partial charge in [0.25, 0.3) is 0 Å². The van der Waals surface area contributed by atoms with E-state index in [2.05, 4.69) is 39.8 Å².